The third-order valence-corrected chi connectivity index (χ3v) is 4.38. The molecule has 0 N–H and O–H groups in total. The lowest BCUT2D eigenvalue weighted by molar-refractivity contribution is -0.124. The van der Waals surface area contributed by atoms with Crippen molar-refractivity contribution in [2.45, 2.75) is 52.6 Å². The molecule has 2 rings (SSSR count). The average Bonchev–Trinajstić information content (AvgIpc) is 2.72. The van der Waals surface area contributed by atoms with Crippen LogP contribution in [0.2, 0.25) is 0 Å². The van der Waals surface area contributed by atoms with Crippen LogP contribution in [-0.4, -0.2) is 19.0 Å². The predicted molar refractivity (Wildman–Crippen MR) is 73.4 cm³/mol. The molecule has 2 nitrogen and oxygen atoms in total. The Kier molecular flexibility index (Phi) is 4.06. The molecule has 2 bridgehead atoms. The molecular weight excluding hydrogens is 224 g/mol. The van der Waals surface area contributed by atoms with E-state index in [4.69, 9.17) is 4.74 Å². The van der Waals surface area contributed by atoms with Crippen molar-refractivity contribution in [3.8, 4) is 0 Å². The van der Waals surface area contributed by atoms with Crippen LogP contribution in [-0.2, 0) is 9.53 Å². The third-order valence-electron chi connectivity index (χ3n) is 4.38. The minimum atomic E-state index is 0.150. The van der Waals surface area contributed by atoms with Crippen LogP contribution in [0.25, 0.3) is 0 Å². The summed E-state index contributed by atoms with van der Waals surface area (Å²) in [4.78, 5) is 12.1. The summed E-state index contributed by atoms with van der Waals surface area (Å²) in [5, 5.41) is 0. The van der Waals surface area contributed by atoms with Crippen molar-refractivity contribution < 1.29 is 9.53 Å². The maximum atomic E-state index is 12.1. The molecule has 0 heterocycles. The first-order valence-corrected chi connectivity index (χ1v) is 6.98. The van der Waals surface area contributed by atoms with Gasteiger partial charge in [-0.3, -0.25) is 4.79 Å². The Hall–Kier alpha value is -0.890. The number of allylic oxidation sites excluding steroid dienone is 3. The van der Waals surface area contributed by atoms with Crippen molar-refractivity contribution in [1.82, 2.24) is 0 Å². The number of methoxy groups -OCH3 is 1. The molecule has 2 aliphatic carbocycles. The van der Waals surface area contributed by atoms with Crippen molar-refractivity contribution in [1.29, 1.82) is 0 Å². The molecule has 0 saturated heterocycles. The van der Waals surface area contributed by atoms with E-state index in [2.05, 4.69) is 26.8 Å². The topological polar surface area (TPSA) is 26.3 Å². The number of hydrogen-bond donors (Lipinski definition) is 0. The van der Waals surface area contributed by atoms with Crippen LogP contribution in [0.4, 0.5) is 0 Å². The Labute approximate surface area is 110 Å². The fourth-order valence-electron chi connectivity index (χ4n) is 3.39. The number of hydrogen-bond acceptors (Lipinski definition) is 2. The third kappa shape index (κ3) is 2.44. The number of rotatable bonds is 2. The van der Waals surface area contributed by atoms with Crippen LogP contribution in [0.1, 0.15) is 46.5 Å². The number of ketones is 1. The predicted octanol–water partition coefficient (Wildman–Crippen LogP) is 3.67. The average molecular weight is 248 g/mol. The molecule has 2 heteroatoms. The SMILES string of the molecule is CO[C@H]1CCC(=O)[C@H](C)[C@@H]2CCC1=C2C=C(C)C. The molecule has 0 aromatic heterocycles. The zero-order chi connectivity index (χ0) is 13.3. The standard InChI is InChI=1S/C16H24O2/c1-10(2)9-14-12-5-6-13(14)16(18-4)8-7-15(17)11(12)3/h9,11-12,16H,5-8H2,1-4H3/t11-,12+,16+/m1/s1. The van der Waals surface area contributed by atoms with E-state index in [1.807, 2.05) is 0 Å². The number of carbonyl (C=O) groups is 1. The highest BCUT2D eigenvalue weighted by atomic mass is 16.5. The van der Waals surface area contributed by atoms with Crippen LogP contribution in [0.15, 0.2) is 22.8 Å². The lowest BCUT2D eigenvalue weighted by atomic mass is 9.80. The number of fused-ring (bicyclic) bond motifs is 1. The van der Waals surface area contributed by atoms with Gasteiger partial charge in [-0.15, -0.1) is 0 Å². The Bertz CT molecular complexity index is 399. The maximum absolute atomic E-state index is 12.1. The first kappa shape index (κ1) is 13.5. The van der Waals surface area contributed by atoms with Gasteiger partial charge in [0.15, 0.2) is 0 Å². The molecule has 18 heavy (non-hydrogen) atoms. The zero-order valence-electron chi connectivity index (χ0n) is 12.0. The Morgan fingerprint density at radius 3 is 2.61 bits per heavy atom. The lowest BCUT2D eigenvalue weighted by Gasteiger charge is -2.26. The summed E-state index contributed by atoms with van der Waals surface area (Å²) in [6, 6.07) is 0. The van der Waals surface area contributed by atoms with Crippen LogP contribution < -0.4 is 0 Å². The van der Waals surface area contributed by atoms with E-state index in [1.54, 1.807) is 7.11 Å². The van der Waals surface area contributed by atoms with Crippen LogP contribution in [0.5, 0.6) is 0 Å². The molecule has 0 aromatic rings. The highest BCUT2D eigenvalue weighted by molar-refractivity contribution is 5.82. The van der Waals surface area contributed by atoms with Gasteiger partial charge in [0.25, 0.3) is 0 Å². The van der Waals surface area contributed by atoms with E-state index < -0.39 is 0 Å². The first-order chi connectivity index (χ1) is 8.54. The van der Waals surface area contributed by atoms with E-state index in [1.165, 1.54) is 16.7 Å². The fraction of sp³-hybridized carbons (Fsp3) is 0.688. The maximum Gasteiger partial charge on any atom is 0.136 e. The molecule has 2 aliphatic rings. The van der Waals surface area contributed by atoms with E-state index >= 15 is 0 Å². The summed E-state index contributed by atoms with van der Waals surface area (Å²) in [6.07, 6.45) is 6.15. The molecule has 0 fully saturated rings. The Balaban J connectivity index is 2.44. The second kappa shape index (κ2) is 5.40. The molecule has 100 valence electrons. The summed E-state index contributed by atoms with van der Waals surface area (Å²) in [7, 11) is 1.76. The molecule has 0 amide bonds. The van der Waals surface area contributed by atoms with Crippen molar-refractivity contribution in [2.24, 2.45) is 11.8 Å². The lowest BCUT2D eigenvalue weighted by Crippen LogP contribution is -2.25. The van der Waals surface area contributed by atoms with Gasteiger partial charge in [-0.05, 0) is 50.2 Å². The quantitative estimate of drug-likeness (QED) is 0.745. The van der Waals surface area contributed by atoms with Crippen LogP contribution in [0, 0.1) is 11.8 Å². The summed E-state index contributed by atoms with van der Waals surface area (Å²) in [5.41, 5.74) is 4.15. The smallest absolute Gasteiger partial charge is 0.136 e. The van der Waals surface area contributed by atoms with Gasteiger partial charge in [0.2, 0.25) is 0 Å². The molecule has 0 aliphatic heterocycles. The van der Waals surface area contributed by atoms with Gasteiger partial charge in [0.05, 0.1) is 6.10 Å². The summed E-state index contributed by atoms with van der Waals surface area (Å²) in [5.74, 6) is 0.994. The van der Waals surface area contributed by atoms with Gasteiger partial charge in [0, 0.05) is 19.4 Å². The molecule has 0 radical (unpaired) electrons. The highest BCUT2D eigenvalue weighted by Gasteiger charge is 2.37. The molecule has 0 saturated carbocycles. The van der Waals surface area contributed by atoms with E-state index in [0.29, 0.717) is 18.1 Å². The molecule has 3 atom stereocenters. The van der Waals surface area contributed by atoms with Gasteiger partial charge < -0.3 is 4.74 Å². The normalized spacial score (nSPS) is 32.2. The second-order valence-electron chi connectivity index (χ2n) is 5.87. The molecule has 0 aromatic carbocycles. The molecular formula is C16H24O2. The summed E-state index contributed by atoms with van der Waals surface area (Å²) >= 11 is 0. The van der Waals surface area contributed by atoms with E-state index in [9.17, 15) is 4.79 Å². The van der Waals surface area contributed by atoms with E-state index in [0.717, 1.165) is 19.3 Å². The summed E-state index contributed by atoms with van der Waals surface area (Å²) in [6.45, 7) is 6.35. The van der Waals surface area contributed by atoms with Crippen molar-refractivity contribution in [3.63, 3.8) is 0 Å². The largest absolute Gasteiger partial charge is 0.377 e. The highest BCUT2D eigenvalue weighted by Crippen LogP contribution is 2.43. The number of Topliss-reactive ketones (excluding diaryl/α,β-unsaturated/α-hetero) is 1. The second-order valence-corrected chi connectivity index (χ2v) is 5.87. The number of carbonyl (C=O) groups excluding carboxylic acids is 1. The minimum absolute atomic E-state index is 0.150. The van der Waals surface area contributed by atoms with E-state index in [-0.39, 0.29) is 12.0 Å². The molecule has 0 unspecified atom stereocenters. The minimum Gasteiger partial charge on any atom is -0.377 e. The zero-order valence-corrected chi connectivity index (χ0v) is 12.0. The van der Waals surface area contributed by atoms with Gasteiger partial charge in [0.1, 0.15) is 5.78 Å². The number of ether oxygens (including phenoxy) is 1. The van der Waals surface area contributed by atoms with Gasteiger partial charge in [-0.1, -0.05) is 18.6 Å². The summed E-state index contributed by atoms with van der Waals surface area (Å²) < 4.78 is 5.61. The molecule has 0 spiro atoms. The van der Waals surface area contributed by atoms with Gasteiger partial charge in [-0.2, -0.15) is 0 Å². The van der Waals surface area contributed by atoms with Gasteiger partial charge >= 0.3 is 0 Å². The van der Waals surface area contributed by atoms with Crippen molar-refractivity contribution in [3.05, 3.63) is 22.8 Å². The Morgan fingerprint density at radius 1 is 1.28 bits per heavy atom. The Morgan fingerprint density at radius 2 is 2.00 bits per heavy atom. The van der Waals surface area contributed by atoms with Crippen LogP contribution >= 0.6 is 0 Å². The van der Waals surface area contributed by atoms with Crippen molar-refractivity contribution in [2.75, 3.05) is 7.11 Å². The monoisotopic (exact) mass is 248 g/mol. The van der Waals surface area contributed by atoms with Crippen LogP contribution in [0.3, 0.4) is 0 Å². The fourth-order valence-corrected chi connectivity index (χ4v) is 3.39. The first-order valence-electron chi connectivity index (χ1n) is 6.98. The van der Waals surface area contributed by atoms with Gasteiger partial charge in [-0.25, -0.2) is 0 Å². The van der Waals surface area contributed by atoms with Crippen molar-refractivity contribution >= 4 is 5.78 Å².